The molecule has 2 aromatic heterocycles. The number of aromatic nitrogens is 4. The topological polar surface area (TPSA) is 103 Å². The first-order valence-electron chi connectivity index (χ1n) is 6.13. The van der Waals surface area contributed by atoms with Crippen LogP contribution in [0, 0.1) is 0 Å². The monoisotopic (exact) mass is 277 g/mol. The van der Waals surface area contributed by atoms with Crippen molar-refractivity contribution >= 4 is 5.91 Å². The molecule has 20 heavy (non-hydrogen) atoms. The molecule has 0 aliphatic carbocycles. The number of amides is 1. The zero-order chi connectivity index (χ0) is 14.5. The zero-order valence-corrected chi connectivity index (χ0v) is 11.5. The molecule has 2 aromatic rings. The standard InChI is InChI=1S/C12H15N5O3/c1-4-9-16-11(20-17-9)7(2)15-10(18)8-5-13-12(19-3)14-6-8/h5-7H,4H2,1-3H3,(H,15,18)/t7-/m1/s1. The van der Waals surface area contributed by atoms with Crippen molar-refractivity contribution in [2.45, 2.75) is 26.3 Å². The van der Waals surface area contributed by atoms with E-state index in [-0.39, 0.29) is 11.9 Å². The molecule has 0 aliphatic heterocycles. The van der Waals surface area contributed by atoms with E-state index in [0.29, 0.717) is 23.7 Å². The Morgan fingerprint density at radius 2 is 2.15 bits per heavy atom. The van der Waals surface area contributed by atoms with Gasteiger partial charge in [-0.2, -0.15) is 4.98 Å². The number of aryl methyl sites for hydroxylation is 1. The Hall–Kier alpha value is -2.51. The highest BCUT2D eigenvalue weighted by Gasteiger charge is 2.17. The molecule has 0 spiro atoms. The number of carbonyl (C=O) groups is 1. The minimum Gasteiger partial charge on any atom is -0.467 e. The van der Waals surface area contributed by atoms with Crippen molar-refractivity contribution in [1.82, 2.24) is 25.4 Å². The third-order valence-electron chi connectivity index (χ3n) is 2.59. The maximum Gasteiger partial charge on any atom is 0.316 e. The van der Waals surface area contributed by atoms with Crippen molar-refractivity contribution in [3.8, 4) is 6.01 Å². The van der Waals surface area contributed by atoms with Crippen molar-refractivity contribution in [3.05, 3.63) is 29.7 Å². The molecule has 1 N–H and O–H groups in total. The van der Waals surface area contributed by atoms with E-state index >= 15 is 0 Å². The van der Waals surface area contributed by atoms with Gasteiger partial charge in [-0.1, -0.05) is 12.1 Å². The Balaban J connectivity index is 2.02. The molecule has 0 saturated heterocycles. The van der Waals surface area contributed by atoms with Gasteiger partial charge in [-0.15, -0.1) is 0 Å². The predicted molar refractivity (Wildman–Crippen MR) is 68.1 cm³/mol. The maximum absolute atomic E-state index is 12.0. The Labute approximate surface area is 115 Å². The van der Waals surface area contributed by atoms with E-state index in [1.807, 2.05) is 6.92 Å². The smallest absolute Gasteiger partial charge is 0.316 e. The van der Waals surface area contributed by atoms with Gasteiger partial charge in [-0.3, -0.25) is 4.79 Å². The summed E-state index contributed by atoms with van der Waals surface area (Å²) >= 11 is 0. The molecule has 8 nitrogen and oxygen atoms in total. The summed E-state index contributed by atoms with van der Waals surface area (Å²) in [6.07, 6.45) is 3.45. The van der Waals surface area contributed by atoms with Gasteiger partial charge in [0.05, 0.1) is 12.7 Å². The van der Waals surface area contributed by atoms with Gasteiger partial charge in [0.25, 0.3) is 5.91 Å². The van der Waals surface area contributed by atoms with Crippen LogP contribution in [0.25, 0.3) is 0 Å². The molecule has 0 saturated carbocycles. The summed E-state index contributed by atoms with van der Waals surface area (Å²) in [6.45, 7) is 3.68. The van der Waals surface area contributed by atoms with Gasteiger partial charge in [-0.05, 0) is 6.92 Å². The van der Waals surface area contributed by atoms with E-state index in [2.05, 4.69) is 25.4 Å². The molecule has 0 aromatic carbocycles. The van der Waals surface area contributed by atoms with Gasteiger partial charge in [0.15, 0.2) is 5.82 Å². The summed E-state index contributed by atoms with van der Waals surface area (Å²) in [5.74, 6) is 0.648. The fraction of sp³-hybridized carbons (Fsp3) is 0.417. The van der Waals surface area contributed by atoms with Crippen molar-refractivity contribution in [3.63, 3.8) is 0 Å². The predicted octanol–water partition coefficient (Wildman–Crippen LogP) is 0.922. The fourth-order valence-electron chi connectivity index (χ4n) is 1.47. The highest BCUT2D eigenvalue weighted by molar-refractivity contribution is 5.93. The van der Waals surface area contributed by atoms with Gasteiger partial charge >= 0.3 is 6.01 Å². The molecule has 1 atom stereocenters. The van der Waals surface area contributed by atoms with E-state index in [0.717, 1.165) is 0 Å². The Bertz CT molecular complexity index is 581. The maximum atomic E-state index is 12.0. The highest BCUT2D eigenvalue weighted by Crippen LogP contribution is 2.11. The number of ether oxygens (including phenoxy) is 1. The van der Waals surface area contributed by atoms with Crippen LogP contribution in [0.15, 0.2) is 16.9 Å². The molecule has 1 amide bonds. The molecule has 0 bridgehead atoms. The van der Waals surface area contributed by atoms with Crippen molar-refractivity contribution < 1.29 is 14.1 Å². The van der Waals surface area contributed by atoms with Crippen LogP contribution in [0.4, 0.5) is 0 Å². The average molecular weight is 277 g/mol. The summed E-state index contributed by atoms with van der Waals surface area (Å²) in [5.41, 5.74) is 0.327. The van der Waals surface area contributed by atoms with E-state index < -0.39 is 6.04 Å². The van der Waals surface area contributed by atoms with Gasteiger partial charge in [0, 0.05) is 18.8 Å². The molecule has 106 valence electrons. The number of carbonyl (C=O) groups excluding carboxylic acids is 1. The normalized spacial score (nSPS) is 11.9. The summed E-state index contributed by atoms with van der Waals surface area (Å²) < 4.78 is 9.89. The summed E-state index contributed by atoms with van der Waals surface area (Å²) in [4.78, 5) is 23.9. The summed E-state index contributed by atoms with van der Waals surface area (Å²) in [6, 6.07) is -0.184. The molecule has 0 aliphatic rings. The van der Waals surface area contributed by atoms with E-state index in [9.17, 15) is 4.79 Å². The van der Waals surface area contributed by atoms with Gasteiger partial charge < -0.3 is 14.6 Å². The molecule has 8 heteroatoms. The van der Waals surface area contributed by atoms with Crippen LogP contribution in [0.1, 0.15) is 42.0 Å². The average Bonchev–Trinajstić information content (AvgIpc) is 2.96. The first-order valence-corrected chi connectivity index (χ1v) is 6.13. The third kappa shape index (κ3) is 3.08. The summed E-state index contributed by atoms with van der Waals surface area (Å²) in [5, 5.41) is 6.51. The number of methoxy groups -OCH3 is 1. The van der Waals surface area contributed by atoms with Gasteiger partial charge in [-0.25, -0.2) is 9.97 Å². The Morgan fingerprint density at radius 1 is 1.45 bits per heavy atom. The quantitative estimate of drug-likeness (QED) is 0.866. The molecule has 2 heterocycles. The van der Waals surface area contributed by atoms with Gasteiger partial charge in [0.1, 0.15) is 6.04 Å². The van der Waals surface area contributed by atoms with Crippen LogP contribution in [-0.2, 0) is 6.42 Å². The number of hydrogen-bond donors (Lipinski definition) is 1. The molecule has 2 rings (SSSR count). The lowest BCUT2D eigenvalue weighted by atomic mass is 10.2. The molecule has 0 fully saturated rings. The Morgan fingerprint density at radius 3 is 2.70 bits per heavy atom. The molecule has 0 radical (unpaired) electrons. The van der Waals surface area contributed by atoms with Crippen LogP contribution in [0.3, 0.4) is 0 Å². The van der Waals surface area contributed by atoms with Gasteiger partial charge in [0.2, 0.25) is 5.89 Å². The van der Waals surface area contributed by atoms with Crippen LogP contribution >= 0.6 is 0 Å². The second-order valence-corrected chi connectivity index (χ2v) is 4.06. The van der Waals surface area contributed by atoms with Crippen LogP contribution in [-0.4, -0.2) is 33.1 Å². The van der Waals surface area contributed by atoms with Crippen molar-refractivity contribution in [2.24, 2.45) is 0 Å². The minimum atomic E-state index is -0.391. The lowest BCUT2D eigenvalue weighted by molar-refractivity contribution is 0.0931. The first-order chi connectivity index (χ1) is 9.63. The van der Waals surface area contributed by atoms with Crippen LogP contribution in [0.5, 0.6) is 6.01 Å². The number of nitrogens with one attached hydrogen (secondary N) is 1. The Kier molecular flexibility index (Phi) is 4.24. The second kappa shape index (κ2) is 6.09. The first kappa shape index (κ1) is 13.9. The second-order valence-electron chi connectivity index (χ2n) is 4.06. The SMILES string of the molecule is CCc1noc([C@@H](C)NC(=O)c2cnc(OC)nc2)n1. The minimum absolute atomic E-state index is 0.207. The number of hydrogen-bond acceptors (Lipinski definition) is 7. The largest absolute Gasteiger partial charge is 0.467 e. The van der Waals surface area contributed by atoms with Crippen molar-refractivity contribution in [1.29, 1.82) is 0 Å². The van der Waals surface area contributed by atoms with Crippen molar-refractivity contribution in [2.75, 3.05) is 7.11 Å². The third-order valence-corrected chi connectivity index (χ3v) is 2.59. The fourth-order valence-corrected chi connectivity index (χ4v) is 1.47. The highest BCUT2D eigenvalue weighted by atomic mass is 16.5. The molecular formula is C12H15N5O3. The molecular weight excluding hydrogens is 262 g/mol. The van der Waals surface area contributed by atoms with E-state index in [4.69, 9.17) is 9.26 Å². The lowest BCUT2D eigenvalue weighted by Gasteiger charge is -2.09. The lowest BCUT2D eigenvalue weighted by Crippen LogP contribution is -2.27. The number of rotatable bonds is 5. The summed E-state index contributed by atoms with van der Waals surface area (Å²) in [7, 11) is 1.46. The zero-order valence-electron chi connectivity index (χ0n) is 11.5. The molecule has 0 unspecified atom stereocenters. The van der Waals surface area contributed by atoms with E-state index in [1.54, 1.807) is 6.92 Å². The van der Waals surface area contributed by atoms with Crippen LogP contribution in [0.2, 0.25) is 0 Å². The number of nitrogens with zero attached hydrogens (tertiary/aromatic N) is 4. The van der Waals surface area contributed by atoms with Crippen LogP contribution < -0.4 is 10.1 Å². The van der Waals surface area contributed by atoms with E-state index in [1.165, 1.54) is 19.5 Å².